The number of benzene rings is 1. The summed E-state index contributed by atoms with van der Waals surface area (Å²) in [6, 6.07) is 3.87. The molecule has 0 aliphatic rings. The van der Waals surface area contributed by atoms with Gasteiger partial charge in [-0.25, -0.2) is 13.8 Å². The van der Waals surface area contributed by atoms with Crippen molar-refractivity contribution >= 4 is 17.0 Å². The molecule has 0 amide bonds. The number of nitrogens with one attached hydrogen (secondary N) is 2. The number of anilines is 1. The highest BCUT2D eigenvalue weighted by molar-refractivity contribution is 5.76. The number of fused-ring (bicyclic) bond motifs is 1. The van der Waals surface area contributed by atoms with Gasteiger partial charge in [-0.3, -0.25) is 4.79 Å². The molecule has 3 aromatic rings. The van der Waals surface area contributed by atoms with Crippen LogP contribution in [0.2, 0.25) is 0 Å². The van der Waals surface area contributed by atoms with Crippen LogP contribution in [0.3, 0.4) is 0 Å². The summed E-state index contributed by atoms with van der Waals surface area (Å²) in [6.07, 6.45) is 2.23. The molecule has 3 rings (SSSR count). The molecule has 4 N–H and O–H groups in total. The first-order chi connectivity index (χ1) is 13.5. The van der Waals surface area contributed by atoms with Gasteiger partial charge in [-0.2, -0.15) is 4.98 Å². The standard InChI is InChI=1S/C18H18F2N4O4/c19-11-1-2-14(13(20)8-11)28-15-7-10-9-21-18(24-16(10)23-17(15)27)22-12(3-5-25)4-6-26/h1-2,7-9,12,25-26H,3-6H2,(H2,21,22,23,24,27). The van der Waals surface area contributed by atoms with Gasteiger partial charge in [0.2, 0.25) is 5.95 Å². The fourth-order valence-electron chi connectivity index (χ4n) is 2.58. The lowest BCUT2D eigenvalue weighted by Crippen LogP contribution is -2.23. The molecule has 0 spiro atoms. The van der Waals surface area contributed by atoms with Crippen molar-refractivity contribution in [3.05, 3.63) is 52.5 Å². The second-order valence-corrected chi connectivity index (χ2v) is 6.00. The molecule has 0 aliphatic heterocycles. The third kappa shape index (κ3) is 4.59. The van der Waals surface area contributed by atoms with E-state index in [0.29, 0.717) is 24.3 Å². The average molecular weight is 392 g/mol. The van der Waals surface area contributed by atoms with E-state index in [0.717, 1.165) is 12.1 Å². The zero-order valence-corrected chi connectivity index (χ0v) is 14.7. The van der Waals surface area contributed by atoms with E-state index < -0.39 is 17.2 Å². The number of pyridine rings is 1. The minimum Gasteiger partial charge on any atom is -0.448 e. The second-order valence-electron chi connectivity index (χ2n) is 6.00. The van der Waals surface area contributed by atoms with Crippen LogP contribution in [0.5, 0.6) is 11.5 Å². The molecular formula is C18H18F2N4O4. The smallest absolute Gasteiger partial charge is 0.292 e. The van der Waals surface area contributed by atoms with Gasteiger partial charge in [0.25, 0.3) is 5.56 Å². The van der Waals surface area contributed by atoms with Crippen molar-refractivity contribution in [3.8, 4) is 11.5 Å². The number of rotatable bonds is 8. The van der Waals surface area contributed by atoms with Gasteiger partial charge in [-0.1, -0.05) is 0 Å². The topological polar surface area (TPSA) is 120 Å². The van der Waals surface area contributed by atoms with Gasteiger partial charge in [-0.05, 0) is 31.0 Å². The van der Waals surface area contributed by atoms with Crippen molar-refractivity contribution in [1.29, 1.82) is 0 Å². The molecule has 2 heterocycles. The maximum absolute atomic E-state index is 13.7. The van der Waals surface area contributed by atoms with Crippen LogP contribution in [-0.4, -0.2) is 44.4 Å². The first kappa shape index (κ1) is 19.6. The van der Waals surface area contributed by atoms with Crippen LogP contribution in [0.15, 0.2) is 35.3 Å². The first-order valence-electron chi connectivity index (χ1n) is 8.51. The molecule has 0 aliphatic carbocycles. The number of ether oxygens (including phenoxy) is 1. The number of aliphatic hydroxyl groups excluding tert-OH is 2. The van der Waals surface area contributed by atoms with Crippen LogP contribution in [0.4, 0.5) is 14.7 Å². The predicted molar refractivity (Wildman–Crippen MR) is 97.4 cm³/mol. The van der Waals surface area contributed by atoms with E-state index in [1.165, 1.54) is 12.3 Å². The van der Waals surface area contributed by atoms with E-state index in [2.05, 4.69) is 20.3 Å². The molecule has 0 saturated carbocycles. The van der Waals surface area contributed by atoms with Gasteiger partial charge < -0.3 is 25.3 Å². The molecule has 2 aromatic heterocycles. The molecular weight excluding hydrogens is 374 g/mol. The van der Waals surface area contributed by atoms with E-state index in [-0.39, 0.29) is 42.4 Å². The molecule has 0 fully saturated rings. The summed E-state index contributed by atoms with van der Waals surface area (Å²) in [5.74, 6) is -1.96. The van der Waals surface area contributed by atoms with Crippen molar-refractivity contribution < 1.29 is 23.7 Å². The average Bonchev–Trinajstić information content (AvgIpc) is 2.65. The molecule has 8 nitrogen and oxygen atoms in total. The Bertz CT molecular complexity index is 1020. The Morgan fingerprint density at radius 2 is 1.89 bits per heavy atom. The van der Waals surface area contributed by atoms with Gasteiger partial charge in [0.05, 0.1) is 0 Å². The number of aliphatic hydroxyl groups is 2. The van der Waals surface area contributed by atoms with Crippen LogP contribution in [0.25, 0.3) is 11.0 Å². The van der Waals surface area contributed by atoms with Crippen LogP contribution < -0.4 is 15.6 Å². The molecule has 0 bridgehead atoms. The first-order valence-corrected chi connectivity index (χ1v) is 8.51. The quantitative estimate of drug-likeness (QED) is 0.462. The maximum Gasteiger partial charge on any atom is 0.292 e. The summed E-state index contributed by atoms with van der Waals surface area (Å²) in [4.78, 5) is 23.1. The Morgan fingerprint density at radius 1 is 1.14 bits per heavy atom. The number of halogens is 2. The normalized spacial score (nSPS) is 11.2. The van der Waals surface area contributed by atoms with E-state index in [1.807, 2.05) is 0 Å². The van der Waals surface area contributed by atoms with Crippen LogP contribution in [-0.2, 0) is 0 Å². The number of hydrogen-bond acceptors (Lipinski definition) is 7. The molecule has 28 heavy (non-hydrogen) atoms. The number of aromatic nitrogens is 3. The molecule has 0 unspecified atom stereocenters. The molecule has 148 valence electrons. The Kier molecular flexibility index (Phi) is 6.12. The van der Waals surface area contributed by atoms with E-state index in [9.17, 15) is 13.6 Å². The van der Waals surface area contributed by atoms with Crippen LogP contribution in [0, 0.1) is 11.6 Å². The Hall–Kier alpha value is -3.11. The molecule has 1 aromatic carbocycles. The van der Waals surface area contributed by atoms with Crippen molar-refractivity contribution in [1.82, 2.24) is 15.0 Å². The van der Waals surface area contributed by atoms with Crippen molar-refractivity contribution in [2.24, 2.45) is 0 Å². The van der Waals surface area contributed by atoms with Crippen molar-refractivity contribution in [2.45, 2.75) is 18.9 Å². The number of nitrogens with zero attached hydrogens (tertiary/aromatic N) is 2. The summed E-state index contributed by atoms with van der Waals surface area (Å²) in [7, 11) is 0. The van der Waals surface area contributed by atoms with E-state index in [1.54, 1.807) is 0 Å². The zero-order chi connectivity index (χ0) is 20.1. The Morgan fingerprint density at radius 3 is 2.57 bits per heavy atom. The summed E-state index contributed by atoms with van der Waals surface area (Å²) in [5.41, 5.74) is -0.427. The fourth-order valence-corrected chi connectivity index (χ4v) is 2.58. The van der Waals surface area contributed by atoms with Gasteiger partial charge in [-0.15, -0.1) is 0 Å². The third-order valence-electron chi connectivity index (χ3n) is 3.96. The number of hydrogen-bond donors (Lipinski definition) is 4. The second kappa shape index (κ2) is 8.72. The van der Waals surface area contributed by atoms with Gasteiger partial charge in [0.1, 0.15) is 11.5 Å². The Balaban J connectivity index is 1.86. The summed E-state index contributed by atoms with van der Waals surface area (Å²) >= 11 is 0. The van der Waals surface area contributed by atoms with Crippen molar-refractivity contribution in [3.63, 3.8) is 0 Å². The monoisotopic (exact) mass is 392 g/mol. The SMILES string of the molecule is O=c1[nH]c2nc(NC(CCO)CCO)ncc2cc1Oc1ccc(F)cc1F. The summed E-state index contributed by atoms with van der Waals surface area (Å²) < 4.78 is 32.0. The number of aromatic amines is 1. The summed E-state index contributed by atoms with van der Waals surface area (Å²) in [5, 5.41) is 21.5. The molecule has 0 atom stereocenters. The lowest BCUT2D eigenvalue weighted by molar-refractivity contribution is 0.247. The minimum absolute atomic E-state index is 0.0667. The molecule has 0 saturated heterocycles. The highest BCUT2D eigenvalue weighted by atomic mass is 19.1. The summed E-state index contributed by atoms with van der Waals surface area (Å²) in [6.45, 7) is -0.133. The third-order valence-corrected chi connectivity index (χ3v) is 3.96. The minimum atomic E-state index is -0.936. The maximum atomic E-state index is 13.7. The van der Waals surface area contributed by atoms with Crippen molar-refractivity contribution in [2.75, 3.05) is 18.5 Å². The van der Waals surface area contributed by atoms with E-state index in [4.69, 9.17) is 14.9 Å². The Labute approximate surface area is 157 Å². The van der Waals surface area contributed by atoms with Crippen LogP contribution >= 0.6 is 0 Å². The molecule has 0 radical (unpaired) electrons. The van der Waals surface area contributed by atoms with Gasteiger partial charge in [0, 0.05) is 36.9 Å². The van der Waals surface area contributed by atoms with Crippen LogP contribution in [0.1, 0.15) is 12.8 Å². The lowest BCUT2D eigenvalue weighted by atomic mass is 10.1. The highest BCUT2D eigenvalue weighted by Gasteiger charge is 2.13. The molecule has 10 heteroatoms. The highest BCUT2D eigenvalue weighted by Crippen LogP contribution is 2.24. The lowest BCUT2D eigenvalue weighted by Gasteiger charge is -2.16. The van der Waals surface area contributed by atoms with Gasteiger partial charge >= 0.3 is 0 Å². The number of H-pyrrole nitrogens is 1. The zero-order valence-electron chi connectivity index (χ0n) is 14.7. The predicted octanol–water partition coefficient (Wildman–Crippen LogP) is 1.93. The fraction of sp³-hybridized carbons (Fsp3) is 0.278. The van der Waals surface area contributed by atoms with Gasteiger partial charge in [0.15, 0.2) is 17.3 Å². The largest absolute Gasteiger partial charge is 0.448 e. The van der Waals surface area contributed by atoms with E-state index >= 15 is 0 Å².